The molecule has 2 aliphatic heterocycles. The molecule has 1 aromatic rings. The third-order valence-electron chi connectivity index (χ3n) is 5.92. The Morgan fingerprint density at radius 2 is 2.04 bits per heavy atom. The van der Waals surface area contributed by atoms with Gasteiger partial charge in [0.15, 0.2) is 0 Å². The van der Waals surface area contributed by atoms with E-state index in [1.54, 1.807) is 0 Å². The fourth-order valence-corrected chi connectivity index (χ4v) is 4.49. The van der Waals surface area contributed by atoms with Gasteiger partial charge in [-0.3, -0.25) is 0 Å². The van der Waals surface area contributed by atoms with Gasteiger partial charge in [0, 0.05) is 20.0 Å². The highest BCUT2D eigenvalue weighted by molar-refractivity contribution is 5.22. The average Bonchev–Trinajstić information content (AvgIpc) is 3.51. The second-order valence-corrected chi connectivity index (χ2v) is 7.48. The number of aliphatic hydroxyl groups excluding tert-OH is 1. The number of hydrogen-bond acceptors (Lipinski definition) is 5. The van der Waals surface area contributed by atoms with Gasteiger partial charge in [-0.1, -0.05) is 18.2 Å². The summed E-state index contributed by atoms with van der Waals surface area (Å²) in [6.07, 6.45) is -2.19. The first kappa shape index (κ1) is 17.2. The topological polar surface area (TPSA) is 63.8 Å². The summed E-state index contributed by atoms with van der Waals surface area (Å²) in [5, 5.41) is 10.2. The maximum absolute atomic E-state index is 14.1. The molecule has 3 fully saturated rings. The van der Waals surface area contributed by atoms with Crippen LogP contribution >= 0.6 is 0 Å². The highest BCUT2D eigenvalue weighted by Crippen LogP contribution is 2.59. The van der Waals surface area contributed by atoms with Gasteiger partial charge in [-0.25, -0.2) is 4.39 Å². The number of epoxide rings is 2. The first-order valence-corrected chi connectivity index (χ1v) is 8.85. The van der Waals surface area contributed by atoms with E-state index in [4.69, 9.17) is 18.9 Å². The molecular formula is C19H25FO5. The minimum absolute atomic E-state index is 0.0108. The Bertz CT molecular complexity index is 607. The van der Waals surface area contributed by atoms with Crippen molar-refractivity contribution < 1.29 is 28.4 Å². The van der Waals surface area contributed by atoms with Crippen LogP contribution < -0.4 is 4.74 Å². The average molecular weight is 352 g/mol. The summed E-state index contributed by atoms with van der Waals surface area (Å²) in [6.45, 7) is 3.04. The van der Waals surface area contributed by atoms with Crippen molar-refractivity contribution in [1.82, 2.24) is 0 Å². The van der Waals surface area contributed by atoms with Crippen molar-refractivity contribution in [2.75, 3.05) is 20.3 Å². The maximum Gasteiger partial charge on any atom is 0.131 e. The standard InChI is InChI=1S/C19H25FO5/c1-18(14(25-18)8-9-23-12-6-4-3-5-7-12)17-16(22-2)15(21)13(20)10-19(17)11-24-19/h3-7,13-17,21H,8-11H2,1-2H3/t13-,14+,15+,16+,17+,18?,19-/m0/s1. The van der Waals surface area contributed by atoms with Gasteiger partial charge in [0.1, 0.15) is 29.2 Å². The Kier molecular flexibility index (Phi) is 4.27. The van der Waals surface area contributed by atoms with Gasteiger partial charge in [0.05, 0.1) is 31.3 Å². The third kappa shape index (κ3) is 2.95. The van der Waals surface area contributed by atoms with E-state index in [1.807, 2.05) is 37.3 Å². The minimum Gasteiger partial charge on any atom is -0.493 e. The van der Waals surface area contributed by atoms with Crippen molar-refractivity contribution in [2.24, 2.45) is 5.92 Å². The van der Waals surface area contributed by atoms with E-state index in [-0.39, 0.29) is 18.4 Å². The van der Waals surface area contributed by atoms with Crippen molar-refractivity contribution >= 4 is 0 Å². The zero-order valence-corrected chi connectivity index (χ0v) is 14.6. The van der Waals surface area contributed by atoms with E-state index < -0.39 is 29.6 Å². The Morgan fingerprint density at radius 1 is 1.32 bits per heavy atom. The Hall–Kier alpha value is -1.21. The molecule has 2 heterocycles. The molecule has 1 unspecified atom stereocenters. The predicted molar refractivity (Wildman–Crippen MR) is 88.3 cm³/mol. The van der Waals surface area contributed by atoms with Gasteiger partial charge in [-0.2, -0.15) is 0 Å². The van der Waals surface area contributed by atoms with Gasteiger partial charge < -0.3 is 24.1 Å². The first-order chi connectivity index (χ1) is 12.0. The zero-order chi connectivity index (χ0) is 17.7. The number of benzene rings is 1. The van der Waals surface area contributed by atoms with Crippen LogP contribution in [0.1, 0.15) is 19.8 Å². The SMILES string of the molecule is CO[C@@H]1[C@H](O)[C@@H](F)C[C@]2(CO2)[C@H]1C1(C)O[C@@H]1CCOc1ccccc1. The van der Waals surface area contributed by atoms with E-state index in [1.165, 1.54) is 7.11 Å². The third-order valence-corrected chi connectivity index (χ3v) is 5.92. The molecule has 138 valence electrons. The molecular weight excluding hydrogens is 327 g/mol. The molecule has 0 amide bonds. The van der Waals surface area contributed by atoms with Crippen molar-refractivity contribution in [3.63, 3.8) is 0 Å². The van der Waals surface area contributed by atoms with E-state index in [9.17, 15) is 9.50 Å². The van der Waals surface area contributed by atoms with Crippen molar-refractivity contribution in [2.45, 2.75) is 55.5 Å². The van der Waals surface area contributed by atoms with Crippen molar-refractivity contribution in [3.05, 3.63) is 30.3 Å². The number of ether oxygens (including phenoxy) is 4. The van der Waals surface area contributed by atoms with E-state index >= 15 is 0 Å². The number of halogens is 1. The van der Waals surface area contributed by atoms with Gasteiger partial charge >= 0.3 is 0 Å². The fraction of sp³-hybridized carbons (Fsp3) is 0.684. The maximum atomic E-state index is 14.1. The van der Waals surface area contributed by atoms with Crippen LogP contribution in [0.25, 0.3) is 0 Å². The van der Waals surface area contributed by atoms with E-state index in [2.05, 4.69) is 0 Å². The van der Waals surface area contributed by atoms with Crippen LogP contribution in [0.15, 0.2) is 30.3 Å². The van der Waals surface area contributed by atoms with Gasteiger partial charge in [-0.15, -0.1) is 0 Å². The molecule has 4 rings (SSSR count). The minimum atomic E-state index is -1.33. The van der Waals surface area contributed by atoms with E-state index in [0.717, 1.165) is 12.2 Å². The summed E-state index contributed by atoms with van der Waals surface area (Å²) in [7, 11) is 1.51. The van der Waals surface area contributed by atoms with Gasteiger partial charge in [0.2, 0.25) is 0 Å². The largest absolute Gasteiger partial charge is 0.493 e. The zero-order valence-electron chi connectivity index (χ0n) is 14.6. The number of para-hydroxylation sites is 1. The molecule has 5 nitrogen and oxygen atoms in total. The molecule has 3 aliphatic rings. The molecule has 2 saturated heterocycles. The smallest absolute Gasteiger partial charge is 0.131 e. The van der Waals surface area contributed by atoms with Crippen LogP contribution in [0.3, 0.4) is 0 Å². The highest BCUT2D eigenvalue weighted by atomic mass is 19.1. The molecule has 1 spiro atoms. The lowest BCUT2D eigenvalue weighted by atomic mass is 9.67. The lowest BCUT2D eigenvalue weighted by Gasteiger charge is -2.42. The van der Waals surface area contributed by atoms with Gasteiger partial charge in [0.25, 0.3) is 0 Å². The molecule has 1 saturated carbocycles. The molecule has 0 radical (unpaired) electrons. The van der Waals surface area contributed by atoms with Crippen LogP contribution in [0.5, 0.6) is 5.75 Å². The van der Waals surface area contributed by atoms with Gasteiger partial charge in [-0.05, 0) is 19.1 Å². The molecule has 25 heavy (non-hydrogen) atoms. The first-order valence-electron chi connectivity index (χ1n) is 8.85. The predicted octanol–water partition coefficient (Wildman–Crippen LogP) is 2.12. The number of alkyl halides is 1. The summed E-state index contributed by atoms with van der Waals surface area (Å²) >= 11 is 0. The monoisotopic (exact) mass is 352 g/mol. The van der Waals surface area contributed by atoms with Crippen LogP contribution in [0.2, 0.25) is 0 Å². The second kappa shape index (κ2) is 6.20. The quantitative estimate of drug-likeness (QED) is 0.795. The summed E-state index contributed by atoms with van der Waals surface area (Å²) in [4.78, 5) is 0. The summed E-state index contributed by atoms with van der Waals surface area (Å²) in [6, 6.07) is 9.64. The van der Waals surface area contributed by atoms with Crippen LogP contribution in [0, 0.1) is 5.92 Å². The Balaban J connectivity index is 1.40. The van der Waals surface area contributed by atoms with Crippen LogP contribution in [0.4, 0.5) is 4.39 Å². The van der Waals surface area contributed by atoms with Crippen molar-refractivity contribution in [1.29, 1.82) is 0 Å². The normalized spacial score (nSPS) is 45.4. The molecule has 1 N–H and O–H groups in total. The molecule has 0 aromatic heterocycles. The summed E-state index contributed by atoms with van der Waals surface area (Å²) < 4.78 is 37.0. The Labute approximate surface area is 147 Å². The number of aliphatic hydroxyl groups is 1. The molecule has 1 aromatic carbocycles. The van der Waals surface area contributed by atoms with Crippen molar-refractivity contribution in [3.8, 4) is 5.75 Å². The number of methoxy groups -OCH3 is 1. The highest BCUT2D eigenvalue weighted by Gasteiger charge is 2.73. The fourth-order valence-electron chi connectivity index (χ4n) is 4.49. The van der Waals surface area contributed by atoms with Crippen LogP contribution in [-0.2, 0) is 14.2 Å². The molecule has 0 bridgehead atoms. The number of rotatable bonds is 6. The molecule has 6 heteroatoms. The number of hydrogen-bond donors (Lipinski definition) is 1. The lowest BCUT2D eigenvalue weighted by molar-refractivity contribution is -0.144. The molecule has 1 aliphatic carbocycles. The van der Waals surface area contributed by atoms with E-state index in [0.29, 0.717) is 13.2 Å². The van der Waals surface area contributed by atoms with Crippen LogP contribution in [-0.4, -0.2) is 61.1 Å². The molecule has 7 atom stereocenters. The second-order valence-electron chi connectivity index (χ2n) is 7.48. The summed E-state index contributed by atoms with van der Waals surface area (Å²) in [5.74, 6) is 0.642. The lowest BCUT2D eigenvalue weighted by Crippen LogP contribution is -2.58. The summed E-state index contributed by atoms with van der Waals surface area (Å²) in [5.41, 5.74) is -1.05. The Morgan fingerprint density at radius 3 is 2.68 bits per heavy atom.